The number of sulfonamides is 1. The van der Waals surface area contributed by atoms with Gasteiger partial charge in [0.1, 0.15) is 11.6 Å². The van der Waals surface area contributed by atoms with Gasteiger partial charge in [0.25, 0.3) is 0 Å². The summed E-state index contributed by atoms with van der Waals surface area (Å²) in [5.41, 5.74) is 0.591. The van der Waals surface area contributed by atoms with E-state index in [1.54, 1.807) is 24.3 Å². The van der Waals surface area contributed by atoms with Gasteiger partial charge in [0.2, 0.25) is 15.9 Å². The molecule has 1 atom stereocenters. The van der Waals surface area contributed by atoms with Crippen molar-refractivity contribution in [3.05, 3.63) is 59.9 Å². The Morgan fingerprint density at radius 1 is 1.07 bits per heavy atom. The molecule has 2 N–H and O–H groups in total. The highest BCUT2D eigenvalue weighted by Gasteiger charge is 2.24. The predicted molar refractivity (Wildman–Crippen MR) is 102 cm³/mol. The smallest absolute Gasteiger partial charge is 0.241 e. The Hall–Kier alpha value is -2.49. The maximum atomic E-state index is 13.1. The lowest BCUT2D eigenvalue weighted by atomic mass is 10.0. The van der Waals surface area contributed by atoms with Gasteiger partial charge in [0.15, 0.2) is 0 Å². The van der Waals surface area contributed by atoms with Crippen LogP contribution >= 0.6 is 0 Å². The monoisotopic (exact) mass is 410 g/mol. The summed E-state index contributed by atoms with van der Waals surface area (Å²) in [6.45, 7) is 0.662. The van der Waals surface area contributed by atoms with Gasteiger partial charge in [-0.3, -0.25) is 4.79 Å². The van der Waals surface area contributed by atoms with Gasteiger partial charge in [-0.25, -0.2) is 17.5 Å². The Morgan fingerprint density at radius 2 is 1.71 bits per heavy atom. The minimum absolute atomic E-state index is 0.0906. The average molecular weight is 410 g/mol. The number of ether oxygens (including phenoxy) is 2. The molecule has 7 nitrogen and oxygen atoms in total. The highest BCUT2D eigenvalue weighted by Crippen LogP contribution is 2.23. The molecule has 1 amide bonds. The van der Waals surface area contributed by atoms with E-state index in [2.05, 4.69) is 10.0 Å². The molecule has 9 heteroatoms. The number of methoxy groups -OCH3 is 2. The van der Waals surface area contributed by atoms with Crippen LogP contribution in [0.25, 0.3) is 0 Å². The predicted octanol–water partition coefficient (Wildman–Crippen LogP) is 2.01. The third-order valence-electron chi connectivity index (χ3n) is 3.96. The molecule has 0 saturated carbocycles. The molecule has 0 bridgehead atoms. The quantitative estimate of drug-likeness (QED) is 0.585. The number of rotatable bonds is 10. The fourth-order valence-corrected chi connectivity index (χ4v) is 3.71. The van der Waals surface area contributed by atoms with E-state index in [-0.39, 0.29) is 17.2 Å². The first-order valence-electron chi connectivity index (χ1n) is 8.53. The number of halogens is 1. The van der Waals surface area contributed by atoms with Crippen LogP contribution in [-0.2, 0) is 19.6 Å². The number of carbonyl (C=O) groups excluding carboxylic acids is 1. The maximum Gasteiger partial charge on any atom is 0.241 e. The van der Waals surface area contributed by atoms with E-state index < -0.39 is 21.9 Å². The van der Waals surface area contributed by atoms with Crippen molar-refractivity contribution in [2.24, 2.45) is 0 Å². The van der Waals surface area contributed by atoms with Crippen LogP contribution in [0.4, 0.5) is 4.39 Å². The largest absolute Gasteiger partial charge is 0.497 e. The second kappa shape index (κ2) is 10.2. The Bertz CT molecular complexity index is 870. The van der Waals surface area contributed by atoms with Crippen LogP contribution in [-0.4, -0.2) is 41.7 Å². The van der Waals surface area contributed by atoms with Crippen LogP contribution in [0.3, 0.4) is 0 Å². The van der Waals surface area contributed by atoms with Crippen LogP contribution in [0, 0.1) is 5.82 Å². The first-order chi connectivity index (χ1) is 13.4. The van der Waals surface area contributed by atoms with Crippen molar-refractivity contribution in [3.63, 3.8) is 0 Å². The minimum Gasteiger partial charge on any atom is -0.497 e. The van der Waals surface area contributed by atoms with Gasteiger partial charge in [-0.05, 0) is 42.0 Å². The molecule has 0 fully saturated rings. The van der Waals surface area contributed by atoms with E-state index in [1.807, 2.05) is 0 Å². The molecule has 28 heavy (non-hydrogen) atoms. The molecule has 152 valence electrons. The number of benzene rings is 2. The molecule has 0 unspecified atom stereocenters. The molecule has 0 aliphatic carbocycles. The van der Waals surface area contributed by atoms with Gasteiger partial charge in [-0.1, -0.05) is 12.1 Å². The number of hydrogen-bond acceptors (Lipinski definition) is 5. The van der Waals surface area contributed by atoms with E-state index >= 15 is 0 Å². The number of carbonyl (C=O) groups is 1. The van der Waals surface area contributed by atoms with Crippen LogP contribution in [0.2, 0.25) is 0 Å². The highest BCUT2D eigenvalue weighted by atomic mass is 32.2. The van der Waals surface area contributed by atoms with E-state index in [9.17, 15) is 17.6 Å². The summed E-state index contributed by atoms with van der Waals surface area (Å²) in [7, 11) is -0.926. The standard InChI is InChI=1S/C19H23FN2O5S/c1-26-12-11-21-19(23)13-18(14-3-7-16(27-2)8-4-14)22-28(24,25)17-9-5-15(20)6-10-17/h3-10,18,22H,11-13H2,1-2H3,(H,21,23)/t18-/m0/s1. The first kappa shape index (κ1) is 21.8. The topological polar surface area (TPSA) is 93.7 Å². The SMILES string of the molecule is COCCNC(=O)C[C@H](NS(=O)(=O)c1ccc(F)cc1)c1ccc(OC)cc1. The second-order valence-corrected chi connectivity index (χ2v) is 7.66. The molecule has 0 aromatic heterocycles. The summed E-state index contributed by atoms with van der Waals surface area (Å²) in [5, 5.41) is 2.67. The number of hydrogen-bond donors (Lipinski definition) is 2. The summed E-state index contributed by atoms with van der Waals surface area (Å²) in [4.78, 5) is 12.1. The molecular weight excluding hydrogens is 387 g/mol. The van der Waals surface area contributed by atoms with Crippen molar-refractivity contribution in [2.45, 2.75) is 17.4 Å². The van der Waals surface area contributed by atoms with Gasteiger partial charge >= 0.3 is 0 Å². The lowest BCUT2D eigenvalue weighted by Crippen LogP contribution is -2.34. The van der Waals surface area contributed by atoms with E-state index in [1.165, 1.54) is 26.4 Å². The molecule has 0 saturated heterocycles. The zero-order valence-electron chi connectivity index (χ0n) is 15.6. The Balaban J connectivity index is 2.23. The minimum atomic E-state index is -3.96. The van der Waals surface area contributed by atoms with Crippen molar-refractivity contribution in [1.82, 2.24) is 10.0 Å². The van der Waals surface area contributed by atoms with E-state index in [0.29, 0.717) is 24.5 Å². The van der Waals surface area contributed by atoms with Crippen molar-refractivity contribution >= 4 is 15.9 Å². The van der Waals surface area contributed by atoms with Crippen molar-refractivity contribution < 1.29 is 27.1 Å². The van der Waals surface area contributed by atoms with E-state index in [4.69, 9.17) is 9.47 Å². The Morgan fingerprint density at radius 3 is 2.29 bits per heavy atom. The van der Waals surface area contributed by atoms with Gasteiger partial charge in [-0.15, -0.1) is 0 Å². The summed E-state index contributed by atoms with van der Waals surface area (Å²) in [5.74, 6) is -0.267. The zero-order valence-corrected chi connectivity index (χ0v) is 16.5. The molecule has 2 rings (SSSR count). The lowest BCUT2D eigenvalue weighted by molar-refractivity contribution is -0.121. The van der Waals surface area contributed by atoms with Gasteiger partial charge in [0.05, 0.1) is 24.7 Å². The van der Waals surface area contributed by atoms with Crippen molar-refractivity contribution in [2.75, 3.05) is 27.4 Å². The Kier molecular flexibility index (Phi) is 7.91. The molecule has 0 spiro atoms. The maximum absolute atomic E-state index is 13.1. The molecule has 0 radical (unpaired) electrons. The van der Waals surface area contributed by atoms with Gasteiger partial charge in [0, 0.05) is 20.1 Å². The van der Waals surface area contributed by atoms with E-state index in [0.717, 1.165) is 12.1 Å². The van der Waals surface area contributed by atoms with Crippen molar-refractivity contribution in [1.29, 1.82) is 0 Å². The summed E-state index contributed by atoms with van der Waals surface area (Å²) >= 11 is 0. The molecule has 0 aliphatic rings. The average Bonchev–Trinajstić information content (AvgIpc) is 2.68. The number of amides is 1. The molecule has 0 aliphatic heterocycles. The van der Waals surface area contributed by atoms with Gasteiger partial charge in [-0.2, -0.15) is 0 Å². The fraction of sp³-hybridized carbons (Fsp3) is 0.316. The summed E-state index contributed by atoms with van der Waals surface area (Å²) in [6, 6.07) is 10.4. The lowest BCUT2D eigenvalue weighted by Gasteiger charge is -2.19. The van der Waals surface area contributed by atoms with Crippen LogP contribution in [0.5, 0.6) is 5.75 Å². The van der Waals surface area contributed by atoms with Crippen LogP contribution < -0.4 is 14.8 Å². The normalized spacial score (nSPS) is 12.4. The molecule has 2 aromatic carbocycles. The third-order valence-corrected chi connectivity index (χ3v) is 5.44. The molecule has 0 heterocycles. The first-order valence-corrected chi connectivity index (χ1v) is 10.0. The van der Waals surface area contributed by atoms with Crippen molar-refractivity contribution in [3.8, 4) is 5.75 Å². The highest BCUT2D eigenvalue weighted by molar-refractivity contribution is 7.89. The number of nitrogens with one attached hydrogen (secondary N) is 2. The summed E-state index contributed by atoms with van der Waals surface area (Å²) < 4.78 is 51.0. The van der Waals surface area contributed by atoms with Crippen LogP contribution in [0.1, 0.15) is 18.0 Å². The second-order valence-electron chi connectivity index (χ2n) is 5.95. The zero-order chi connectivity index (χ0) is 20.6. The Labute approximate surface area is 163 Å². The third kappa shape index (κ3) is 6.29. The summed E-state index contributed by atoms with van der Waals surface area (Å²) in [6.07, 6.45) is -0.115. The fourth-order valence-electron chi connectivity index (χ4n) is 2.48. The molecule has 2 aromatic rings. The molecular formula is C19H23FN2O5S. The van der Waals surface area contributed by atoms with Gasteiger partial charge < -0.3 is 14.8 Å². The van der Waals surface area contributed by atoms with Crippen LogP contribution in [0.15, 0.2) is 53.4 Å².